The van der Waals surface area contributed by atoms with E-state index >= 15 is 0 Å². The number of furan rings is 1. The van der Waals surface area contributed by atoms with Crippen molar-refractivity contribution in [3.05, 3.63) is 36.1 Å². The second-order valence-corrected chi connectivity index (χ2v) is 4.36. The highest BCUT2D eigenvalue weighted by molar-refractivity contribution is 5.81. The first-order chi connectivity index (χ1) is 8.72. The van der Waals surface area contributed by atoms with Crippen LogP contribution in [0, 0.1) is 0 Å². The molecule has 1 heterocycles. The summed E-state index contributed by atoms with van der Waals surface area (Å²) >= 11 is 0. The average molecular weight is 246 g/mol. The highest BCUT2D eigenvalue weighted by Crippen LogP contribution is 2.21. The van der Waals surface area contributed by atoms with Crippen molar-refractivity contribution in [3.8, 4) is 0 Å². The molecule has 2 rings (SSSR count). The summed E-state index contributed by atoms with van der Waals surface area (Å²) in [6.45, 7) is 1.08. The highest BCUT2D eigenvalue weighted by atomic mass is 16.3. The van der Waals surface area contributed by atoms with E-state index in [-0.39, 0.29) is 5.91 Å². The Morgan fingerprint density at radius 2 is 2.17 bits per heavy atom. The molecule has 0 spiro atoms. The Labute approximate surface area is 106 Å². The van der Waals surface area contributed by atoms with Crippen LogP contribution in [-0.4, -0.2) is 30.9 Å². The number of benzene rings is 1. The van der Waals surface area contributed by atoms with Crippen LogP contribution >= 0.6 is 0 Å². The average Bonchev–Trinajstić information content (AvgIpc) is 2.79. The number of hydrogen-bond acceptors (Lipinski definition) is 3. The molecule has 18 heavy (non-hydrogen) atoms. The third kappa shape index (κ3) is 2.71. The lowest BCUT2D eigenvalue weighted by molar-refractivity contribution is -0.129. The summed E-state index contributed by atoms with van der Waals surface area (Å²) in [5.41, 5.74) is 7.40. The van der Waals surface area contributed by atoms with Gasteiger partial charge in [-0.3, -0.25) is 4.79 Å². The van der Waals surface area contributed by atoms with Crippen molar-refractivity contribution in [2.24, 2.45) is 5.73 Å². The zero-order valence-corrected chi connectivity index (χ0v) is 10.6. The van der Waals surface area contributed by atoms with Gasteiger partial charge in [0.25, 0.3) is 0 Å². The first kappa shape index (κ1) is 12.6. The number of nitrogens with two attached hydrogens (primary N) is 1. The number of carbonyl (C=O) groups excluding carboxylic acids is 1. The van der Waals surface area contributed by atoms with Gasteiger partial charge in [-0.2, -0.15) is 0 Å². The van der Waals surface area contributed by atoms with Crippen LogP contribution in [0.2, 0.25) is 0 Å². The van der Waals surface area contributed by atoms with Crippen LogP contribution in [0.4, 0.5) is 0 Å². The number of hydrogen-bond donors (Lipinski definition) is 1. The fourth-order valence-electron chi connectivity index (χ4n) is 1.95. The first-order valence-electron chi connectivity index (χ1n) is 6.11. The summed E-state index contributed by atoms with van der Waals surface area (Å²) in [7, 11) is 1.81. The van der Waals surface area contributed by atoms with Gasteiger partial charge in [0.2, 0.25) is 5.91 Å². The molecule has 0 fully saturated rings. The topological polar surface area (TPSA) is 59.5 Å². The van der Waals surface area contributed by atoms with E-state index in [0.717, 1.165) is 23.0 Å². The van der Waals surface area contributed by atoms with Crippen molar-refractivity contribution in [3.63, 3.8) is 0 Å². The summed E-state index contributed by atoms with van der Waals surface area (Å²) in [4.78, 5) is 13.3. The minimum absolute atomic E-state index is 0.0882. The molecule has 1 amide bonds. The van der Waals surface area contributed by atoms with E-state index < -0.39 is 0 Å². The molecule has 2 aromatic rings. The van der Waals surface area contributed by atoms with Crippen LogP contribution in [0.25, 0.3) is 11.0 Å². The minimum atomic E-state index is 0.0882. The molecule has 4 heteroatoms. The van der Waals surface area contributed by atoms with Gasteiger partial charge >= 0.3 is 0 Å². The van der Waals surface area contributed by atoms with E-state index in [1.807, 2.05) is 24.3 Å². The van der Waals surface area contributed by atoms with Crippen LogP contribution in [-0.2, 0) is 11.2 Å². The third-order valence-corrected chi connectivity index (χ3v) is 3.06. The molecule has 0 saturated heterocycles. The second kappa shape index (κ2) is 5.69. The molecule has 0 atom stereocenters. The van der Waals surface area contributed by atoms with E-state index in [2.05, 4.69) is 0 Å². The zero-order chi connectivity index (χ0) is 13.0. The molecule has 1 aromatic heterocycles. The molecule has 0 aliphatic rings. The lowest BCUT2D eigenvalue weighted by Gasteiger charge is -2.16. The Morgan fingerprint density at radius 3 is 2.94 bits per heavy atom. The van der Waals surface area contributed by atoms with Crippen LogP contribution < -0.4 is 5.73 Å². The quantitative estimate of drug-likeness (QED) is 0.874. The smallest absolute Gasteiger partial charge is 0.223 e. The summed E-state index contributed by atoms with van der Waals surface area (Å²) in [5.74, 6) is 0.0882. The molecule has 0 radical (unpaired) electrons. The Bertz CT molecular complexity index is 533. The van der Waals surface area contributed by atoms with E-state index in [9.17, 15) is 4.79 Å². The Balaban J connectivity index is 2.00. The summed E-state index contributed by atoms with van der Waals surface area (Å²) in [5, 5.41) is 1.12. The molecule has 0 saturated carbocycles. The summed E-state index contributed by atoms with van der Waals surface area (Å²) in [6.07, 6.45) is 2.97. The molecule has 4 nitrogen and oxygen atoms in total. The fourth-order valence-corrected chi connectivity index (χ4v) is 1.95. The minimum Gasteiger partial charge on any atom is -0.464 e. The lowest BCUT2D eigenvalue weighted by atomic mass is 10.1. The fraction of sp³-hybridized carbons (Fsp3) is 0.357. The molecule has 0 aliphatic carbocycles. The van der Waals surface area contributed by atoms with E-state index in [4.69, 9.17) is 10.2 Å². The Kier molecular flexibility index (Phi) is 3.99. The maximum atomic E-state index is 11.6. The number of rotatable bonds is 5. The summed E-state index contributed by atoms with van der Waals surface area (Å²) < 4.78 is 5.47. The Morgan fingerprint density at radius 1 is 1.39 bits per heavy atom. The SMILES string of the molecule is CN(CCc1coc2ccccc12)C(=O)CCN. The maximum Gasteiger partial charge on any atom is 0.223 e. The molecule has 96 valence electrons. The lowest BCUT2D eigenvalue weighted by Crippen LogP contribution is -2.30. The number of fused-ring (bicyclic) bond motifs is 1. The normalized spacial score (nSPS) is 10.8. The molecule has 1 aromatic carbocycles. The Hall–Kier alpha value is -1.81. The predicted molar refractivity (Wildman–Crippen MR) is 71.2 cm³/mol. The van der Waals surface area contributed by atoms with Gasteiger partial charge in [-0.25, -0.2) is 0 Å². The molecule has 0 unspecified atom stereocenters. The number of nitrogens with zero attached hydrogens (tertiary/aromatic N) is 1. The highest BCUT2D eigenvalue weighted by Gasteiger charge is 2.10. The molecular formula is C14H18N2O2. The van der Waals surface area contributed by atoms with Gasteiger partial charge < -0.3 is 15.1 Å². The van der Waals surface area contributed by atoms with E-state index in [1.54, 1.807) is 18.2 Å². The first-order valence-corrected chi connectivity index (χ1v) is 6.11. The van der Waals surface area contributed by atoms with Gasteiger partial charge in [-0.15, -0.1) is 0 Å². The van der Waals surface area contributed by atoms with Gasteiger partial charge in [0, 0.05) is 31.9 Å². The van der Waals surface area contributed by atoms with E-state index in [0.29, 0.717) is 19.5 Å². The van der Waals surface area contributed by atoms with Gasteiger partial charge in [0.15, 0.2) is 0 Å². The van der Waals surface area contributed by atoms with Crippen LogP contribution in [0.1, 0.15) is 12.0 Å². The number of para-hydroxylation sites is 1. The molecule has 0 bridgehead atoms. The van der Waals surface area contributed by atoms with Crippen molar-refractivity contribution in [1.29, 1.82) is 0 Å². The zero-order valence-electron chi connectivity index (χ0n) is 10.6. The maximum absolute atomic E-state index is 11.6. The monoisotopic (exact) mass is 246 g/mol. The third-order valence-electron chi connectivity index (χ3n) is 3.06. The van der Waals surface area contributed by atoms with Gasteiger partial charge in [0.05, 0.1) is 6.26 Å². The standard InChI is InChI=1S/C14H18N2O2/c1-16(14(17)6-8-15)9-7-11-10-18-13-5-3-2-4-12(11)13/h2-5,10H,6-9,15H2,1H3. The summed E-state index contributed by atoms with van der Waals surface area (Å²) in [6, 6.07) is 7.93. The van der Waals surface area contributed by atoms with Gasteiger partial charge in [-0.1, -0.05) is 18.2 Å². The molecule has 0 aliphatic heterocycles. The van der Waals surface area contributed by atoms with Crippen molar-refractivity contribution in [2.75, 3.05) is 20.1 Å². The molecular weight excluding hydrogens is 228 g/mol. The van der Waals surface area contributed by atoms with Crippen LogP contribution in [0.5, 0.6) is 0 Å². The van der Waals surface area contributed by atoms with Crippen LogP contribution in [0.3, 0.4) is 0 Å². The molecule has 2 N–H and O–H groups in total. The number of carbonyl (C=O) groups is 1. The van der Waals surface area contributed by atoms with E-state index in [1.165, 1.54) is 0 Å². The largest absolute Gasteiger partial charge is 0.464 e. The van der Waals surface area contributed by atoms with Crippen molar-refractivity contribution >= 4 is 16.9 Å². The number of likely N-dealkylation sites (N-methyl/N-ethyl adjacent to an activating group) is 1. The second-order valence-electron chi connectivity index (χ2n) is 4.36. The van der Waals surface area contributed by atoms with Crippen molar-refractivity contribution in [1.82, 2.24) is 4.90 Å². The van der Waals surface area contributed by atoms with Crippen molar-refractivity contribution < 1.29 is 9.21 Å². The van der Waals surface area contributed by atoms with Gasteiger partial charge in [-0.05, 0) is 18.1 Å². The number of amides is 1. The van der Waals surface area contributed by atoms with Gasteiger partial charge in [0.1, 0.15) is 5.58 Å². The van der Waals surface area contributed by atoms with Crippen molar-refractivity contribution in [2.45, 2.75) is 12.8 Å². The van der Waals surface area contributed by atoms with Crippen LogP contribution in [0.15, 0.2) is 34.9 Å². The predicted octanol–water partition coefficient (Wildman–Crippen LogP) is 1.78.